The van der Waals surface area contributed by atoms with Crippen LogP contribution in [0.2, 0.25) is 0 Å². The van der Waals surface area contributed by atoms with Gasteiger partial charge in [0.25, 0.3) is 17.7 Å². The molecule has 0 aromatic heterocycles. The predicted octanol–water partition coefficient (Wildman–Crippen LogP) is 2.17. The molecule has 1 aliphatic rings. The number of anilines is 3. The van der Waals surface area contributed by atoms with Crippen LogP contribution in [0.25, 0.3) is 0 Å². The minimum Gasteiger partial charge on any atom is -0.292 e. The van der Waals surface area contributed by atoms with Gasteiger partial charge in [0, 0.05) is 39.3 Å². The second-order valence-electron chi connectivity index (χ2n) is 9.95. The maximum Gasteiger partial charge on any atom is 0.264 e. The van der Waals surface area contributed by atoms with E-state index in [0.29, 0.717) is 71.5 Å². The van der Waals surface area contributed by atoms with E-state index in [2.05, 4.69) is 0 Å². The molecule has 42 heavy (non-hydrogen) atoms. The predicted molar refractivity (Wildman–Crippen MR) is 156 cm³/mol. The maximum atomic E-state index is 12.9. The minimum atomic E-state index is -0.526. The van der Waals surface area contributed by atoms with E-state index in [1.54, 1.807) is 91.0 Å². The van der Waals surface area contributed by atoms with Gasteiger partial charge in [-0.3, -0.25) is 44.7 Å². The number of carbonyl (C=O) groups is 3. The number of rotatable bonds is 9. The Kier molecular flexibility index (Phi) is 11.1. The molecule has 3 amide bonds. The van der Waals surface area contributed by atoms with Crippen molar-refractivity contribution < 1.29 is 30.0 Å². The molecule has 0 saturated carbocycles. The first-order valence-electron chi connectivity index (χ1n) is 13.7. The lowest BCUT2D eigenvalue weighted by Gasteiger charge is -2.27. The first kappa shape index (κ1) is 30.8. The number of amides is 3. The molecule has 0 bridgehead atoms. The SMILES string of the molecule is O=C(CN1CCN(CC(=O)N(O)c2ccccc2)CCN(CC(=O)N(O)c2ccccc2)CC1)N(O)c1ccccc1. The van der Waals surface area contributed by atoms with E-state index >= 15 is 0 Å². The second kappa shape index (κ2) is 15.2. The first-order chi connectivity index (χ1) is 20.3. The highest BCUT2D eigenvalue weighted by Crippen LogP contribution is 2.14. The molecule has 222 valence electrons. The zero-order chi connectivity index (χ0) is 29.9. The Morgan fingerprint density at radius 2 is 0.667 bits per heavy atom. The number of para-hydroxylation sites is 3. The zero-order valence-corrected chi connectivity index (χ0v) is 23.3. The average molecular weight is 577 g/mol. The van der Waals surface area contributed by atoms with Gasteiger partial charge in [-0.15, -0.1) is 0 Å². The lowest BCUT2D eigenvalue weighted by molar-refractivity contribution is -0.126. The van der Waals surface area contributed by atoms with Gasteiger partial charge < -0.3 is 0 Å². The third-order valence-electron chi connectivity index (χ3n) is 6.98. The number of hydrogen-bond acceptors (Lipinski definition) is 9. The molecule has 3 N–H and O–H groups in total. The lowest BCUT2D eigenvalue weighted by atomic mass is 10.3. The summed E-state index contributed by atoms with van der Waals surface area (Å²) in [6.45, 7) is 2.11. The smallest absolute Gasteiger partial charge is 0.264 e. The summed E-state index contributed by atoms with van der Waals surface area (Å²) in [5.74, 6) is -1.58. The van der Waals surface area contributed by atoms with Gasteiger partial charge in [-0.1, -0.05) is 54.6 Å². The first-order valence-corrected chi connectivity index (χ1v) is 13.7. The highest BCUT2D eigenvalue weighted by Gasteiger charge is 2.25. The van der Waals surface area contributed by atoms with Crippen LogP contribution >= 0.6 is 0 Å². The van der Waals surface area contributed by atoms with Gasteiger partial charge in [0.2, 0.25) is 0 Å². The van der Waals surface area contributed by atoms with Crippen molar-refractivity contribution in [3.63, 3.8) is 0 Å². The van der Waals surface area contributed by atoms with Crippen LogP contribution in [-0.4, -0.2) is 107 Å². The molecule has 0 radical (unpaired) electrons. The van der Waals surface area contributed by atoms with Crippen molar-refractivity contribution in [3.05, 3.63) is 91.0 Å². The summed E-state index contributed by atoms with van der Waals surface area (Å²) in [6, 6.07) is 25.4. The third kappa shape index (κ3) is 8.66. The van der Waals surface area contributed by atoms with Crippen molar-refractivity contribution in [2.75, 3.05) is 74.1 Å². The largest absolute Gasteiger partial charge is 0.292 e. The maximum absolute atomic E-state index is 12.9. The number of nitrogens with zero attached hydrogens (tertiary/aromatic N) is 6. The fourth-order valence-corrected chi connectivity index (χ4v) is 4.57. The van der Waals surface area contributed by atoms with Gasteiger partial charge in [-0.25, -0.2) is 0 Å². The van der Waals surface area contributed by atoms with Gasteiger partial charge >= 0.3 is 0 Å². The van der Waals surface area contributed by atoms with Crippen LogP contribution in [0.1, 0.15) is 0 Å². The molecule has 4 rings (SSSR count). The Balaban J connectivity index is 1.45. The summed E-state index contributed by atoms with van der Waals surface area (Å²) in [5, 5.41) is 33.2. The quantitative estimate of drug-likeness (QED) is 0.259. The van der Waals surface area contributed by atoms with Crippen LogP contribution < -0.4 is 15.2 Å². The van der Waals surface area contributed by atoms with Gasteiger partial charge in [0.05, 0.1) is 36.7 Å². The minimum absolute atomic E-state index is 0.0960. The summed E-state index contributed by atoms with van der Waals surface area (Å²) in [7, 11) is 0. The van der Waals surface area contributed by atoms with Crippen LogP contribution in [0, 0.1) is 0 Å². The normalized spacial score (nSPS) is 15.2. The van der Waals surface area contributed by atoms with Crippen LogP contribution in [0.5, 0.6) is 0 Å². The molecule has 3 aromatic rings. The second-order valence-corrected chi connectivity index (χ2v) is 9.95. The summed E-state index contributed by atoms with van der Waals surface area (Å²) in [5.41, 5.74) is 1.04. The summed E-state index contributed by atoms with van der Waals surface area (Å²) < 4.78 is 0. The van der Waals surface area contributed by atoms with Crippen LogP contribution in [0.4, 0.5) is 17.1 Å². The lowest BCUT2D eigenvalue weighted by Crippen LogP contribution is -2.45. The molecule has 0 aliphatic carbocycles. The van der Waals surface area contributed by atoms with Crippen LogP contribution in [0.3, 0.4) is 0 Å². The molecule has 0 unspecified atom stereocenters. The molecule has 12 heteroatoms. The highest BCUT2D eigenvalue weighted by atomic mass is 16.5. The molecule has 3 aromatic carbocycles. The molecular formula is C30H36N6O6. The van der Waals surface area contributed by atoms with Crippen molar-refractivity contribution in [1.29, 1.82) is 0 Å². The molecule has 1 saturated heterocycles. The molecule has 0 atom stereocenters. The topological polar surface area (TPSA) is 131 Å². The summed E-state index contributed by atoms with van der Waals surface area (Å²) in [4.78, 5) is 44.3. The molecule has 12 nitrogen and oxygen atoms in total. The van der Waals surface area contributed by atoms with E-state index in [0.717, 1.165) is 0 Å². The van der Waals surface area contributed by atoms with Crippen molar-refractivity contribution >= 4 is 34.8 Å². The summed E-state index contributed by atoms with van der Waals surface area (Å²) in [6.07, 6.45) is 0. The van der Waals surface area contributed by atoms with Gasteiger partial charge in [0.1, 0.15) is 0 Å². The van der Waals surface area contributed by atoms with E-state index in [4.69, 9.17) is 0 Å². The number of hydroxylamine groups is 3. The Morgan fingerprint density at radius 3 is 0.881 bits per heavy atom. The van der Waals surface area contributed by atoms with Crippen LogP contribution in [0.15, 0.2) is 91.0 Å². The van der Waals surface area contributed by atoms with Gasteiger partial charge in [-0.05, 0) is 36.4 Å². The summed E-state index contributed by atoms with van der Waals surface area (Å²) >= 11 is 0. The third-order valence-corrected chi connectivity index (χ3v) is 6.98. The zero-order valence-electron chi connectivity index (χ0n) is 23.3. The van der Waals surface area contributed by atoms with Crippen LogP contribution in [-0.2, 0) is 14.4 Å². The highest BCUT2D eigenvalue weighted by molar-refractivity contribution is 5.93. The van der Waals surface area contributed by atoms with Crippen molar-refractivity contribution in [2.24, 2.45) is 0 Å². The molecule has 1 heterocycles. The van der Waals surface area contributed by atoms with E-state index < -0.39 is 17.7 Å². The Bertz CT molecular complexity index is 1130. The Hall–Kier alpha value is -4.17. The average Bonchev–Trinajstić information content (AvgIpc) is 3.12. The van der Waals surface area contributed by atoms with E-state index in [1.165, 1.54) is 0 Å². The Labute approximate surface area is 244 Å². The monoisotopic (exact) mass is 576 g/mol. The van der Waals surface area contributed by atoms with E-state index in [-0.39, 0.29) is 19.6 Å². The fourth-order valence-electron chi connectivity index (χ4n) is 4.57. The van der Waals surface area contributed by atoms with Gasteiger partial charge in [-0.2, -0.15) is 15.2 Å². The van der Waals surface area contributed by atoms with E-state index in [9.17, 15) is 30.0 Å². The molecule has 1 fully saturated rings. The molecule has 1 aliphatic heterocycles. The fraction of sp³-hybridized carbons (Fsp3) is 0.300. The van der Waals surface area contributed by atoms with Crippen molar-refractivity contribution in [2.45, 2.75) is 0 Å². The van der Waals surface area contributed by atoms with Gasteiger partial charge in [0.15, 0.2) is 0 Å². The van der Waals surface area contributed by atoms with Crippen molar-refractivity contribution in [1.82, 2.24) is 14.7 Å². The Morgan fingerprint density at radius 1 is 0.452 bits per heavy atom. The van der Waals surface area contributed by atoms with Crippen molar-refractivity contribution in [3.8, 4) is 0 Å². The molecular weight excluding hydrogens is 540 g/mol. The standard InChI is InChI=1S/C30H36N6O6/c37-28(34(40)25-10-4-1-5-11-25)22-31-16-18-32(23-29(38)35(41)26-12-6-2-7-13-26)20-21-33(19-17-31)24-30(39)36(42)27-14-8-3-9-15-27/h1-15,40-42H,16-24H2. The number of carbonyl (C=O) groups excluding carboxylic acids is 3. The number of benzene rings is 3. The number of hydrogen-bond donors (Lipinski definition) is 3. The molecule has 0 spiro atoms. The van der Waals surface area contributed by atoms with E-state index in [1.807, 2.05) is 14.7 Å².